The standard InChI is InChI=1S/C16H20N4OS/c1-19(2)14-5-3-4-12(10-14)15(21)18-13-6-8-20(11-13)16-17-7-9-22-16/h3-5,7,9-10,13H,6,8,11H2,1-2H3,(H,18,21). The quantitative estimate of drug-likeness (QED) is 0.939. The fourth-order valence-electron chi connectivity index (χ4n) is 2.62. The fraction of sp³-hybridized carbons (Fsp3) is 0.375. The average Bonchev–Trinajstić information content (AvgIpc) is 3.18. The van der Waals surface area contributed by atoms with Crippen molar-refractivity contribution >= 4 is 28.1 Å². The van der Waals surface area contributed by atoms with Crippen LogP contribution < -0.4 is 15.1 Å². The summed E-state index contributed by atoms with van der Waals surface area (Å²) in [4.78, 5) is 21.0. The minimum Gasteiger partial charge on any atom is -0.378 e. The molecule has 1 N–H and O–H groups in total. The van der Waals surface area contributed by atoms with Crippen LogP contribution in [0.1, 0.15) is 16.8 Å². The van der Waals surface area contributed by atoms with Gasteiger partial charge >= 0.3 is 0 Å². The molecule has 1 atom stereocenters. The molecule has 3 rings (SSSR count). The number of carbonyl (C=O) groups is 1. The third-order valence-electron chi connectivity index (χ3n) is 3.84. The topological polar surface area (TPSA) is 48.5 Å². The summed E-state index contributed by atoms with van der Waals surface area (Å²) in [5, 5.41) is 6.14. The van der Waals surface area contributed by atoms with E-state index in [0.29, 0.717) is 5.56 Å². The van der Waals surface area contributed by atoms with Crippen molar-refractivity contribution in [2.24, 2.45) is 0 Å². The van der Waals surface area contributed by atoms with Gasteiger partial charge in [-0.3, -0.25) is 4.79 Å². The van der Waals surface area contributed by atoms with Crippen LogP contribution >= 0.6 is 11.3 Å². The van der Waals surface area contributed by atoms with E-state index >= 15 is 0 Å². The molecule has 0 spiro atoms. The van der Waals surface area contributed by atoms with E-state index in [2.05, 4.69) is 15.2 Å². The Bertz CT molecular complexity index is 641. The summed E-state index contributed by atoms with van der Waals surface area (Å²) in [6.45, 7) is 1.77. The normalized spacial score (nSPS) is 17.5. The highest BCUT2D eigenvalue weighted by Gasteiger charge is 2.25. The molecule has 1 saturated heterocycles. The first-order valence-corrected chi connectivity index (χ1v) is 8.24. The van der Waals surface area contributed by atoms with Crippen molar-refractivity contribution in [3.05, 3.63) is 41.4 Å². The van der Waals surface area contributed by atoms with E-state index in [1.54, 1.807) is 11.3 Å². The molecule has 5 nitrogen and oxygen atoms in total. The highest BCUT2D eigenvalue weighted by Crippen LogP contribution is 2.22. The summed E-state index contributed by atoms with van der Waals surface area (Å²) in [7, 11) is 3.94. The minimum absolute atomic E-state index is 0.00492. The van der Waals surface area contributed by atoms with Crippen molar-refractivity contribution in [3.63, 3.8) is 0 Å². The predicted molar refractivity (Wildman–Crippen MR) is 91.0 cm³/mol. The van der Waals surface area contributed by atoms with E-state index in [9.17, 15) is 4.79 Å². The van der Waals surface area contributed by atoms with Gasteiger partial charge < -0.3 is 15.1 Å². The first-order valence-electron chi connectivity index (χ1n) is 7.36. The molecular formula is C16H20N4OS. The van der Waals surface area contributed by atoms with Crippen molar-refractivity contribution in [2.75, 3.05) is 37.0 Å². The maximum Gasteiger partial charge on any atom is 0.251 e. The van der Waals surface area contributed by atoms with Gasteiger partial charge in [-0.15, -0.1) is 11.3 Å². The number of aromatic nitrogens is 1. The number of hydrogen-bond donors (Lipinski definition) is 1. The molecule has 1 aromatic heterocycles. The van der Waals surface area contributed by atoms with Crippen molar-refractivity contribution in [2.45, 2.75) is 12.5 Å². The molecule has 1 fully saturated rings. The molecular weight excluding hydrogens is 296 g/mol. The highest BCUT2D eigenvalue weighted by molar-refractivity contribution is 7.13. The Morgan fingerprint density at radius 1 is 1.45 bits per heavy atom. The highest BCUT2D eigenvalue weighted by atomic mass is 32.1. The second-order valence-corrected chi connectivity index (χ2v) is 6.54. The average molecular weight is 316 g/mol. The van der Waals surface area contributed by atoms with Gasteiger partial charge in [0, 0.05) is 56.1 Å². The number of rotatable bonds is 4. The van der Waals surface area contributed by atoms with Gasteiger partial charge in [-0.2, -0.15) is 0 Å². The summed E-state index contributed by atoms with van der Waals surface area (Å²) in [6, 6.07) is 7.87. The summed E-state index contributed by atoms with van der Waals surface area (Å²) in [5.74, 6) is -0.00492. The molecule has 0 radical (unpaired) electrons. The number of hydrogen-bond acceptors (Lipinski definition) is 5. The number of benzene rings is 1. The van der Waals surface area contributed by atoms with Crippen molar-refractivity contribution in [1.29, 1.82) is 0 Å². The molecule has 1 aliphatic rings. The lowest BCUT2D eigenvalue weighted by atomic mass is 10.1. The summed E-state index contributed by atoms with van der Waals surface area (Å²) in [6.07, 6.45) is 2.78. The molecule has 0 aliphatic carbocycles. The third-order valence-corrected chi connectivity index (χ3v) is 4.67. The van der Waals surface area contributed by atoms with Crippen LogP contribution in [0.2, 0.25) is 0 Å². The first kappa shape index (κ1) is 14.8. The van der Waals surface area contributed by atoms with Crippen LogP contribution in [-0.4, -0.2) is 44.1 Å². The van der Waals surface area contributed by atoms with E-state index in [4.69, 9.17) is 0 Å². The molecule has 1 aromatic carbocycles. The van der Waals surface area contributed by atoms with Gasteiger partial charge in [0.2, 0.25) is 0 Å². The maximum atomic E-state index is 12.4. The fourth-order valence-corrected chi connectivity index (χ4v) is 3.30. The number of anilines is 2. The maximum absolute atomic E-state index is 12.4. The summed E-state index contributed by atoms with van der Waals surface area (Å²) >= 11 is 1.64. The van der Waals surface area contributed by atoms with Gasteiger partial charge in [0.1, 0.15) is 0 Å². The van der Waals surface area contributed by atoms with Crippen molar-refractivity contribution in [3.8, 4) is 0 Å². The molecule has 1 amide bonds. The monoisotopic (exact) mass is 316 g/mol. The lowest BCUT2D eigenvalue weighted by Gasteiger charge is -2.17. The SMILES string of the molecule is CN(C)c1cccc(C(=O)NC2CCN(c3nccs3)C2)c1. The van der Waals surface area contributed by atoms with Crippen LogP contribution in [0.4, 0.5) is 10.8 Å². The van der Waals surface area contributed by atoms with Crippen molar-refractivity contribution in [1.82, 2.24) is 10.3 Å². The second-order valence-electron chi connectivity index (χ2n) is 5.66. The number of amides is 1. The Morgan fingerprint density at radius 3 is 3.05 bits per heavy atom. The van der Waals surface area contributed by atoms with Crippen LogP contribution in [0.5, 0.6) is 0 Å². The van der Waals surface area contributed by atoms with E-state index in [1.165, 1.54) is 0 Å². The third kappa shape index (κ3) is 3.22. The number of nitrogens with zero attached hydrogens (tertiary/aromatic N) is 3. The van der Waals surface area contributed by atoms with Gasteiger partial charge in [0.15, 0.2) is 5.13 Å². The molecule has 1 unspecified atom stereocenters. The zero-order valence-corrected chi connectivity index (χ0v) is 13.6. The zero-order chi connectivity index (χ0) is 15.5. The van der Waals surface area contributed by atoms with E-state index in [0.717, 1.165) is 30.3 Å². The van der Waals surface area contributed by atoms with Gasteiger partial charge in [-0.25, -0.2) is 4.98 Å². The van der Waals surface area contributed by atoms with Crippen LogP contribution in [-0.2, 0) is 0 Å². The van der Waals surface area contributed by atoms with Gasteiger partial charge in [0.25, 0.3) is 5.91 Å². The molecule has 0 bridgehead atoms. The van der Waals surface area contributed by atoms with Crippen LogP contribution in [0.3, 0.4) is 0 Å². The van der Waals surface area contributed by atoms with Crippen LogP contribution in [0.25, 0.3) is 0 Å². The van der Waals surface area contributed by atoms with Gasteiger partial charge in [-0.1, -0.05) is 6.07 Å². The van der Waals surface area contributed by atoms with Gasteiger partial charge in [0.05, 0.1) is 0 Å². The molecule has 2 heterocycles. The lowest BCUT2D eigenvalue weighted by Crippen LogP contribution is -2.37. The summed E-state index contributed by atoms with van der Waals surface area (Å²) in [5.41, 5.74) is 1.74. The smallest absolute Gasteiger partial charge is 0.251 e. The zero-order valence-electron chi connectivity index (χ0n) is 12.8. The molecule has 6 heteroatoms. The Morgan fingerprint density at radius 2 is 2.32 bits per heavy atom. The van der Waals surface area contributed by atoms with E-state index in [-0.39, 0.29) is 11.9 Å². The Balaban J connectivity index is 1.62. The Kier molecular flexibility index (Phi) is 4.29. The van der Waals surface area contributed by atoms with Crippen LogP contribution in [0.15, 0.2) is 35.8 Å². The number of nitrogens with one attached hydrogen (secondary N) is 1. The minimum atomic E-state index is -0.00492. The van der Waals surface area contributed by atoms with E-state index in [1.807, 2.05) is 54.8 Å². The second kappa shape index (κ2) is 6.36. The molecule has 1 aliphatic heterocycles. The van der Waals surface area contributed by atoms with Crippen LogP contribution in [0, 0.1) is 0 Å². The van der Waals surface area contributed by atoms with Crippen molar-refractivity contribution < 1.29 is 4.79 Å². The number of carbonyl (C=O) groups excluding carboxylic acids is 1. The number of thiazole rings is 1. The molecule has 22 heavy (non-hydrogen) atoms. The summed E-state index contributed by atoms with van der Waals surface area (Å²) < 4.78 is 0. The Labute approximate surface area is 134 Å². The molecule has 2 aromatic rings. The van der Waals surface area contributed by atoms with Gasteiger partial charge in [-0.05, 0) is 24.6 Å². The molecule has 0 saturated carbocycles. The Hall–Kier alpha value is -2.08. The largest absolute Gasteiger partial charge is 0.378 e. The molecule has 116 valence electrons. The lowest BCUT2D eigenvalue weighted by molar-refractivity contribution is 0.0940. The predicted octanol–water partition coefficient (Wildman–Crippen LogP) is 2.22. The van der Waals surface area contributed by atoms with E-state index < -0.39 is 0 Å². The first-order chi connectivity index (χ1) is 10.6.